The van der Waals surface area contributed by atoms with Crippen LogP contribution in [0.1, 0.15) is 30.6 Å². The largest absolute Gasteiger partial charge is 0.397 e. The van der Waals surface area contributed by atoms with E-state index < -0.39 is 0 Å². The second kappa shape index (κ2) is 6.45. The smallest absolute Gasteiger partial charge is 0.253 e. The predicted molar refractivity (Wildman–Crippen MR) is 81.6 cm³/mol. The van der Waals surface area contributed by atoms with Crippen LogP contribution in [0.15, 0.2) is 18.2 Å². The molecule has 1 amide bonds. The van der Waals surface area contributed by atoms with Gasteiger partial charge in [-0.15, -0.1) is 0 Å². The maximum Gasteiger partial charge on any atom is 0.253 e. The van der Waals surface area contributed by atoms with Crippen LogP contribution in [0, 0.1) is 5.92 Å². The standard InChI is InChI=1S/C15H25N3O/c1-11(2)8-9-18(5)14-10-12(6-7-13(14)16)15(19)17(3)4/h6-7,10-11H,8-9,16H2,1-5H3. The molecule has 106 valence electrons. The van der Waals surface area contributed by atoms with Gasteiger partial charge in [-0.05, 0) is 30.5 Å². The molecular weight excluding hydrogens is 238 g/mol. The molecule has 0 saturated carbocycles. The molecule has 0 aliphatic carbocycles. The SMILES string of the molecule is CC(C)CCN(C)c1cc(C(=O)N(C)C)ccc1N. The van der Waals surface area contributed by atoms with Crippen LogP contribution in [0.25, 0.3) is 0 Å². The van der Waals surface area contributed by atoms with E-state index in [9.17, 15) is 4.79 Å². The first-order chi connectivity index (χ1) is 8.82. The van der Waals surface area contributed by atoms with Crippen molar-refractivity contribution in [2.24, 2.45) is 5.92 Å². The molecule has 0 heterocycles. The van der Waals surface area contributed by atoms with Gasteiger partial charge in [0.2, 0.25) is 0 Å². The van der Waals surface area contributed by atoms with Gasteiger partial charge >= 0.3 is 0 Å². The molecule has 4 nitrogen and oxygen atoms in total. The van der Waals surface area contributed by atoms with Crippen molar-refractivity contribution < 1.29 is 4.79 Å². The summed E-state index contributed by atoms with van der Waals surface area (Å²) in [5.41, 5.74) is 8.31. The Balaban J connectivity index is 2.93. The Hall–Kier alpha value is -1.71. The first-order valence-electron chi connectivity index (χ1n) is 6.65. The van der Waals surface area contributed by atoms with E-state index in [0.717, 1.165) is 18.7 Å². The number of nitrogens with zero attached hydrogens (tertiary/aromatic N) is 2. The molecule has 19 heavy (non-hydrogen) atoms. The summed E-state index contributed by atoms with van der Waals surface area (Å²) in [4.78, 5) is 15.6. The van der Waals surface area contributed by atoms with Gasteiger partial charge in [0.1, 0.15) is 0 Å². The minimum atomic E-state index is -0.00138. The van der Waals surface area contributed by atoms with Crippen molar-refractivity contribution in [1.29, 1.82) is 0 Å². The molecule has 0 aliphatic heterocycles. The Bertz CT molecular complexity index is 441. The van der Waals surface area contributed by atoms with Crippen molar-refractivity contribution in [3.05, 3.63) is 23.8 Å². The van der Waals surface area contributed by atoms with Crippen LogP contribution < -0.4 is 10.6 Å². The molecule has 0 radical (unpaired) electrons. The number of nitrogen functional groups attached to an aromatic ring is 1. The Labute approximate surface area is 116 Å². The molecule has 4 heteroatoms. The first kappa shape index (κ1) is 15.3. The Morgan fingerprint density at radius 2 is 1.89 bits per heavy atom. The van der Waals surface area contributed by atoms with Crippen LogP contribution in [0.2, 0.25) is 0 Å². The molecule has 0 unspecified atom stereocenters. The zero-order valence-corrected chi connectivity index (χ0v) is 12.6. The number of rotatable bonds is 5. The average Bonchev–Trinajstić information content (AvgIpc) is 2.35. The number of hydrogen-bond donors (Lipinski definition) is 1. The zero-order valence-electron chi connectivity index (χ0n) is 12.6. The van der Waals surface area contributed by atoms with Crippen molar-refractivity contribution in [1.82, 2.24) is 4.90 Å². The summed E-state index contributed by atoms with van der Waals surface area (Å²) in [6, 6.07) is 5.45. The molecule has 0 spiro atoms. The highest BCUT2D eigenvalue weighted by atomic mass is 16.2. The van der Waals surface area contributed by atoms with Gasteiger partial charge in [0.05, 0.1) is 11.4 Å². The lowest BCUT2D eigenvalue weighted by atomic mass is 10.1. The van der Waals surface area contributed by atoms with Gasteiger partial charge in [-0.25, -0.2) is 0 Å². The summed E-state index contributed by atoms with van der Waals surface area (Å²) in [6.07, 6.45) is 1.10. The number of benzene rings is 1. The lowest BCUT2D eigenvalue weighted by Gasteiger charge is -2.23. The molecular formula is C15H25N3O. The fraction of sp³-hybridized carbons (Fsp3) is 0.533. The van der Waals surface area contributed by atoms with E-state index in [1.54, 1.807) is 31.1 Å². The van der Waals surface area contributed by atoms with Crippen LogP contribution in [-0.4, -0.2) is 38.5 Å². The highest BCUT2D eigenvalue weighted by Gasteiger charge is 2.12. The Kier molecular flexibility index (Phi) is 5.21. The molecule has 1 aromatic rings. The van der Waals surface area contributed by atoms with Gasteiger partial charge in [0.15, 0.2) is 0 Å². The van der Waals surface area contributed by atoms with Gasteiger partial charge < -0.3 is 15.5 Å². The maximum absolute atomic E-state index is 12.0. The third-order valence-corrected chi connectivity index (χ3v) is 3.14. The lowest BCUT2D eigenvalue weighted by molar-refractivity contribution is 0.0827. The van der Waals surface area contributed by atoms with E-state index in [1.165, 1.54) is 0 Å². The number of anilines is 2. The lowest BCUT2D eigenvalue weighted by Crippen LogP contribution is -2.24. The fourth-order valence-electron chi connectivity index (χ4n) is 1.84. The monoisotopic (exact) mass is 263 g/mol. The number of carbonyl (C=O) groups excluding carboxylic acids is 1. The third kappa shape index (κ3) is 4.16. The first-order valence-corrected chi connectivity index (χ1v) is 6.65. The van der Waals surface area contributed by atoms with Gasteiger partial charge in [0, 0.05) is 33.3 Å². The molecule has 0 aromatic heterocycles. The van der Waals surface area contributed by atoms with E-state index in [-0.39, 0.29) is 5.91 Å². The minimum absolute atomic E-state index is 0.00138. The van der Waals surface area contributed by atoms with Gasteiger partial charge in [-0.1, -0.05) is 13.8 Å². The average molecular weight is 263 g/mol. The van der Waals surface area contributed by atoms with Crippen LogP contribution in [0.3, 0.4) is 0 Å². The molecule has 2 N–H and O–H groups in total. The van der Waals surface area contributed by atoms with E-state index in [4.69, 9.17) is 5.73 Å². The van der Waals surface area contributed by atoms with E-state index in [1.807, 2.05) is 13.1 Å². The number of nitrogens with two attached hydrogens (primary N) is 1. The Morgan fingerprint density at radius 1 is 1.26 bits per heavy atom. The summed E-state index contributed by atoms with van der Waals surface area (Å²) in [5.74, 6) is 0.647. The molecule has 0 atom stereocenters. The maximum atomic E-state index is 12.0. The van der Waals surface area contributed by atoms with Crippen molar-refractivity contribution >= 4 is 17.3 Å². The van der Waals surface area contributed by atoms with Crippen molar-refractivity contribution in [3.63, 3.8) is 0 Å². The second-order valence-electron chi connectivity index (χ2n) is 5.58. The predicted octanol–water partition coefficient (Wildman–Crippen LogP) is 2.45. The second-order valence-corrected chi connectivity index (χ2v) is 5.58. The van der Waals surface area contributed by atoms with Gasteiger partial charge in [-0.2, -0.15) is 0 Å². The van der Waals surface area contributed by atoms with Gasteiger partial charge in [0.25, 0.3) is 5.91 Å². The third-order valence-electron chi connectivity index (χ3n) is 3.14. The summed E-state index contributed by atoms with van der Waals surface area (Å²) in [7, 11) is 5.51. The topological polar surface area (TPSA) is 49.6 Å². The van der Waals surface area contributed by atoms with Crippen LogP contribution in [0.4, 0.5) is 11.4 Å². The fourth-order valence-corrected chi connectivity index (χ4v) is 1.84. The van der Waals surface area contributed by atoms with Crippen molar-refractivity contribution in [3.8, 4) is 0 Å². The van der Waals surface area contributed by atoms with E-state index >= 15 is 0 Å². The van der Waals surface area contributed by atoms with Crippen LogP contribution in [0.5, 0.6) is 0 Å². The summed E-state index contributed by atoms with van der Waals surface area (Å²) < 4.78 is 0. The Morgan fingerprint density at radius 3 is 2.42 bits per heavy atom. The molecule has 1 aromatic carbocycles. The molecule has 0 saturated heterocycles. The quantitative estimate of drug-likeness (QED) is 0.830. The van der Waals surface area contributed by atoms with Gasteiger partial charge in [-0.3, -0.25) is 4.79 Å². The number of amides is 1. The zero-order chi connectivity index (χ0) is 14.6. The number of carbonyl (C=O) groups is 1. The normalized spacial score (nSPS) is 10.6. The number of hydrogen-bond acceptors (Lipinski definition) is 3. The molecule has 0 bridgehead atoms. The van der Waals surface area contributed by atoms with E-state index in [0.29, 0.717) is 17.2 Å². The minimum Gasteiger partial charge on any atom is -0.397 e. The van der Waals surface area contributed by atoms with Crippen molar-refractivity contribution in [2.75, 3.05) is 38.3 Å². The highest BCUT2D eigenvalue weighted by molar-refractivity contribution is 5.96. The highest BCUT2D eigenvalue weighted by Crippen LogP contribution is 2.24. The summed E-state index contributed by atoms with van der Waals surface area (Å²) in [6.45, 7) is 5.33. The molecule has 0 aliphatic rings. The summed E-state index contributed by atoms with van der Waals surface area (Å²) >= 11 is 0. The van der Waals surface area contributed by atoms with E-state index in [2.05, 4.69) is 18.7 Å². The van der Waals surface area contributed by atoms with Crippen molar-refractivity contribution in [2.45, 2.75) is 20.3 Å². The molecule has 0 fully saturated rings. The van der Waals surface area contributed by atoms with Crippen LogP contribution in [-0.2, 0) is 0 Å². The molecule has 1 rings (SSSR count). The summed E-state index contributed by atoms with van der Waals surface area (Å²) in [5, 5.41) is 0. The van der Waals surface area contributed by atoms with Crippen LogP contribution >= 0.6 is 0 Å².